The van der Waals surface area contributed by atoms with Crippen LogP contribution in [0.3, 0.4) is 0 Å². The van der Waals surface area contributed by atoms with Crippen molar-refractivity contribution in [3.63, 3.8) is 0 Å². The van der Waals surface area contributed by atoms with Gasteiger partial charge in [-0.25, -0.2) is 19.6 Å². The SMILES string of the molecule is COC(=O)[C@@H]1OC(Cc2ccc(CNCCOC34CC5(C)CC(C)(CC(Cn6ncc(-c7ccc(N8CCc9cccc(C(=O)Nc%10nc%11ccccc%11s%10)c9C8)nc7C(=O)OC(C)(C)C)c6C)(C5)C3)C4)cc2)[C@H](CC(=O)O)[C@H](CC(=O)O)[C@H]1CC(=O)O. The van der Waals surface area contributed by atoms with Gasteiger partial charge in [-0.05, 0) is 160 Å². The highest BCUT2D eigenvalue weighted by Gasteiger charge is 2.66. The molecule has 20 nitrogen and oxygen atoms in total. The van der Waals surface area contributed by atoms with Crippen LogP contribution in [0.25, 0.3) is 21.3 Å². The smallest absolute Gasteiger partial charge is 0.358 e. The molecular formula is C67H79N7O13S. The number of esters is 2. The number of rotatable bonds is 22. The van der Waals surface area contributed by atoms with Crippen molar-refractivity contribution < 1.29 is 63.0 Å². The fourth-order valence-electron chi connectivity index (χ4n) is 16.5. The molecule has 4 aliphatic carbocycles. The van der Waals surface area contributed by atoms with Crippen LogP contribution in [0.1, 0.15) is 141 Å². The molecule has 6 aromatic rings. The summed E-state index contributed by atoms with van der Waals surface area (Å²) in [7, 11) is 1.14. The summed E-state index contributed by atoms with van der Waals surface area (Å²) in [6.45, 7) is 15.9. The Hall–Kier alpha value is -7.59. The number of para-hydroxylation sites is 1. The van der Waals surface area contributed by atoms with Crippen LogP contribution in [0.15, 0.2) is 85.1 Å². The zero-order chi connectivity index (χ0) is 62.5. The molecule has 21 heteroatoms. The Kier molecular flexibility index (Phi) is 17.2. The van der Waals surface area contributed by atoms with E-state index < -0.39 is 84.7 Å². The maximum absolute atomic E-state index is 14.3. The second-order valence-corrected chi connectivity index (χ2v) is 28.3. The summed E-state index contributed by atoms with van der Waals surface area (Å²) in [5.41, 5.74) is 6.72. The summed E-state index contributed by atoms with van der Waals surface area (Å²) in [5, 5.41) is 41.6. The molecule has 3 unspecified atom stereocenters. The van der Waals surface area contributed by atoms with Gasteiger partial charge in [0.1, 0.15) is 11.4 Å². The number of nitrogens with zero attached hydrogens (tertiary/aromatic N) is 5. The lowest BCUT2D eigenvalue weighted by Gasteiger charge is -2.69. The van der Waals surface area contributed by atoms with Crippen molar-refractivity contribution in [1.29, 1.82) is 0 Å². The molecule has 12 rings (SSSR count). The third-order valence-electron chi connectivity index (χ3n) is 18.8. The Bertz CT molecular complexity index is 3620. The van der Waals surface area contributed by atoms with E-state index in [9.17, 15) is 44.1 Å². The molecule has 1 amide bonds. The minimum absolute atomic E-state index is 0.0794. The van der Waals surface area contributed by atoms with E-state index in [1.54, 1.807) is 0 Å². The maximum atomic E-state index is 14.3. The van der Waals surface area contributed by atoms with Crippen molar-refractivity contribution in [3.8, 4) is 11.1 Å². The molecule has 2 aliphatic heterocycles. The number of fused-ring (bicyclic) bond motifs is 2. The number of amides is 1. The summed E-state index contributed by atoms with van der Waals surface area (Å²) in [4.78, 5) is 89.1. The van der Waals surface area contributed by atoms with E-state index in [1.807, 2.05) is 99.8 Å². The first-order chi connectivity index (χ1) is 41.8. The quantitative estimate of drug-likeness (QED) is 0.0312. The maximum Gasteiger partial charge on any atom is 0.358 e. The predicted molar refractivity (Wildman–Crippen MR) is 329 cm³/mol. The van der Waals surface area contributed by atoms with Crippen LogP contribution < -0.4 is 15.5 Å². The number of anilines is 2. The number of nitrogens with one attached hydrogen (secondary N) is 2. The number of carbonyl (C=O) groups is 6. The second-order valence-electron chi connectivity index (χ2n) is 27.2. The van der Waals surface area contributed by atoms with Crippen molar-refractivity contribution in [2.75, 3.05) is 37.0 Å². The van der Waals surface area contributed by atoms with Crippen LogP contribution in [0.4, 0.5) is 10.9 Å². The Balaban J connectivity index is 0.751. The highest BCUT2D eigenvalue weighted by molar-refractivity contribution is 7.22. The van der Waals surface area contributed by atoms with E-state index in [0.29, 0.717) is 67.8 Å². The molecule has 0 spiro atoms. The van der Waals surface area contributed by atoms with Crippen molar-refractivity contribution in [3.05, 3.63) is 124 Å². The summed E-state index contributed by atoms with van der Waals surface area (Å²) < 4.78 is 27.4. The van der Waals surface area contributed by atoms with Crippen LogP contribution >= 0.6 is 11.3 Å². The van der Waals surface area contributed by atoms with E-state index in [1.165, 1.54) is 11.3 Å². The summed E-state index contributed by atoms with van der Waals surface area (Å²) in [5.74, 6) is -7.63. The lowest BCUT2D eigenvalue weighted by atomic mass is 9.39. The molecule has 5 fully saturated rings. The first-order valence-corrected chi connectivity index (χ1v) is 31.2. The normalized spacial score (nSPS) is 26.4. The third kappa shape index (κ3) is 13.4. The fourth-order valence-corrected chi connectivity index (χ4v) is 17.4. The Labute approximate surface area is 515 Å². The predicted octanol–water partition coefficient (Wildman–Crippen LogP) is 10.3. The molecule has 4 saturated carbocycles. The molecule has 5 heterocycles. The first kappa shape index (κ1) is 62.0. The van der Waals surface area contributed by atoms with Gasteiger partial charge in [0.25, 0.3) is 5.91 Å². The molecule has 3 aromatic heterocycles. The zero-order valence-electron chi connectivity index (χ0n) is 51.1. The number of aliphatic carboxylic acids is 3. The molecule has 466 valence electrons. The van der Waals surface area contributed by atoms with Gasteiger partial charge < -0.3 is 44.5 Å². The standard InChI is InChI=1S/C67H79N7O13S/c1-39-48(43-19-20-53(71-57(43)60(82)87-63(2,3)4)73-23-21-42-11-10-12-44(49(42)31-73)59(81)72-62-70-50-13-8-9-14-52(50)88-62)30-69-74(39)38-66-33-64(5)32-65(6,34-66)36-67(35-64,37-66)85-24-22-68-29-41-17-15-40(16-18-41)25-51-46(27-55(77)78)45(26-54(75)76)47(28-56(79)80)58(86-51)61(83)84-7/h8-20,30,45-47,51,58,68H,21-29,31-38H2,1-7H3,(H,75,76)(H,77,78)(H,79,80)(H,70,72,81)/t45-,46+,47+,51?,58+,64?,65?,66?,67?/m0/s1. The Morgan fingerprint density at radius 1 is 0.784 bits per heavy atom. The number of ether oxygens (including phenoxy) is 4. The molecule has 88 heavy (non-hydrogen) atoms. The van der Waals surface area contributed by atoms with Crippen molar-refractivity contribution >= 4 is 68.3 Å². The minimum Gasteiger partial charge on any atom is -0.481 e. The highest BCUT2D eigenvalue weighted by Crippen LogP contribution is 2.72. The van der Waals surface area contributed by atoms with Gasteiger partial charge in [-0.1, -0.05) is 73.7 Å². The number of carboxylic acids is 3. The van der Waals surface area contributed by atoms with Gasteiger partial charge in [0, 0.05) is 67.4 Å². The van der Waals surface area contributed by atoms with E-state index in [-0.39, 0.29) is 39.9 Å². The number of carbonyl (C=O) groups excluding carboxylic acids is 3. The van der Waals surface area contributed by atoms with Gasteiger partial charge >= 0.3 is 29.8 Å². The summed E-state index contributed by atoms with van der Waals surface area (Å²) >= 11 is 1.44. The lowest BCUT2D eigenvalue weighted by Crippen LogP contribution is -2.64. The van der Waals surface area contributed by atoms with Crippen LogP contribution in [0.2, 0.25) is 0 Å². The van der Waals surface area contributed by atoms with Crippen LogP contribution in [0.5, 0.6) is 0 Å². The average Bonchev–Trinajstić information content (AvgIpc) is 0.806. The van der Waals surface area contributed by atoms with Gasteiger partial charge in [-0.3, -0.25) is 29.2 Å². The molecule has 6 aliphatic rings. The zero-order valence-corrected chi connectivity index (χ0v) is 51.9. The van der Waals surface area contributed by atoms with Gasteiger partial charge in [0.15, 0.2) is 16.9 Å². The van der Waals surface area contributed by atoms with Gasteiger partial charge in [-0.2, -0.15) is 5.10 Å². The van der Waals surface area contributed by atoms with Crippen LogP contribution in [-0.2, 0) is 70.6 Å². The van der Waals surface area contributed by atoms with E-state index >= 15 is 0 Å². The molecule has 5 N–H and O–H groups in total. The van der Waals surface area contributed by atoms with Gasteiger partial charge in [-0.15, -0.1) is 0 Å². The monoisotopic (exact) mass is 1220 g/mol. The van der Waals surface area contributed by atoms with E-state index in [4.69, 9.17) is 29.0 Å². The first-order valence-electron chi connectivity index (χ1n) is 30.4. The largest absolute Gasteiger partial charge is 0.481 e. The molecular weight excluding hydrogens is 1140 g/mol. The number of thiazole rings is 1. The summed E-state index contributed by atoms with van der Waals surface area (Å²) in [6, 6.07) is 25.2. The third-order valence-corrected chi connectivity index (χ3v) is 19.7. The van der Waals surface area contributed by atoms with Crippen molar-refractivity contribution in [2.24, 2.45) is 34.0 Å². The molecule has 3 aromatic carbocycles. The van der Waals surface area contributed by atoms with Gasteiger partial charge in [0.05, 0.1) is 54.7 Å². The number of benzene rings is 3. The Morgan fingerprint density at radius 2 is 1.48 bits per heavy atom. The summed E-state index contributed by atoms with van der Waals surface area (Å²) in [6.07, 6.45) is 4.97. The molecule has 1 saturated heterocycles. The number of aromatic nitrogens is 4. The number of carboxylic acid groups (broad SMARTS) is 3. The molecule has 4 bridgehead atoms. The van der Waals surface area contributed by atoms with E-state index in [2.05, 4.69) is 52.0 Å². The van der Waals surface area contributed by atoms with Crippen molar-refractivity contribution in [2.45, 2.75) is 155 Å². The van der Waals surface area contributed by atoms with Crippen molar-refractivity contribution in [1.82, 2.24) is 25.1 Å². The van der Waals surface area contributed by atoms with Crippen LogP contribution in [-0.4, -0.2) is 121 Å². The van der Waals surface area contributed by atoms with E-state index in [0.717, 1.165) is 89.4 Å². The number of pyridine rings is 1. The molecule has 0 radical (unpaired) electrons. The second kappa shape index (κ2) is 24.4. The number of hydrogen-bond donors (Lipinski definition) is 5. The number of hydrogen-bond acceptors (Lipinski definition) is 16. The lowest BCUT2D eigenvalue weighted by molar-refractivity contribution is -0.247. The topological polar surface area (TPSA) is 271 Å². The Morgan fingerprint density at radius 3 is 2.17 bits per heavy atom. The minimum atomic E-state index is -1.38. The number of methoxy groups -OCH3 is 1. The van der Waals surface area contributed by atoms with Gasteiger partial charge in [0.2, 0.25) is 0 Å². The highest BCUT2D eigenvalue weighted by atomic mass is 32.1. The molecule has 7 atom stereocenters. The average molecular weight is 1220 g/mol. The fraction of sp³-hybridized carbons (Fsp3) is 0.507. The van der Waals surface area contributed by atoms with Crippen LogP contribution in [0, 0.1) is 40.9 Å².